The van der Waals surface area contributed by atoms with Crippen molar-refractivity contribution in [3.05, 3.63) is 35.7 Å². The Labute approximate surface area is 117 Å². The fourth-order valence-corrected chi connectivity index (χ4v) is 1.43. The zero-order chi connectivity index (χ0) is 12.4. The van der Waals surface area contributed by atoms with Gasteiger partial charge >= 0.3 is 5.97 Å². The summed E-state index contributed by atoms with van der Waals surface area (Å²) in [7, 11) is 1.41. The second kappa shape index (κ2) is 5.69. The van der Waals surface area contributed by atoms with Crippen LogP contribution in [0.2, 0.25) is 0 Å². The minimum absolute atomic E-state index is 0. The molecular formula is C11H9N3O3W. The third-order valence-electron chi connectivity index (χ3n) is 2.22. The molecule has 7 heteroatoms. The van der Waals surface area contributed by atoms with E-state index in [9.17, 15) is 9.59 Å². The molecule has 1 heterocycles. The smallest absolute Gasteiger partial charge is 0.357 e. The molecule has 1 amide bonds. The number of aromatic nitrogens is 2. The molecule has 0 unspecified atom stereocenters. The zero-order valence-corrected chi connectivity index (χ0v) is 12.3. The van der Waals surface area contributed by atoms with Gasteiger partial charge in [-0.2, -0.15) is 0 Å². The number of carbonyl (C=O) groups excluding carboxylic acids is 1. The second-order valence-corrected chi connectivity index (χ2v) is 3.29. The van der Waals surface area contributed by atoms with Gasteiger partial charge in [0.05, 0.1) is 11.0 Å². The van der Waals surface area contributed by atoms with Crippen LogP contribution >= 0.6 is 0 Å². The molecule has 0 radical (unpaired) electrons. The molecule has 1 aromatic carbocycles. The number of rotatable bonds is 2. The van der Waals surface area contributed by atoms with Crippen molar-refractivity contribution in [1.82, 2.24) is 15.3 Å². The summed E-state index contributed by atoms with van der Waals surface area (Å²) in [5, 5.41) is 11.3. The molecule has 0 spiro atoms. The predicted molar refractivity (Wildman–Crippen MR) is 59.9 cm³/mol. The standard InChI is InChI=1S/C11H9N3O3.W/c1-12-10(15)8-9(11(16)17)14-7-5-3-2-4-6(7)13-8;/h2-5H,1H3,(H,12,15)(H,16,17);. The summed E-state index contributed by atoms with van der Waals surface area (Å²) < 4.78 is 0. The van der Waals surface area contributed by atoms with E-state index in [1.807, 2.05) is 0 Å². The predicted octanol–water partition coefficient (Wildman–Crippen LogP) is 0.685. The van der Waals surface area contributed by atoms with Gasteiger partial charge in [-0.05, 0) is 12.1 Å². The third-order valence-corrected chi connectivity index (χ3v) is 2.22. The fourth-order valence-electron chi connectivity index (χ4n) is 1.43. The van der Waals surface area contributed by atoms with Gasteiger partial charge in [0.2, 0.25) is 0 Å². The van der Waals surface area contributed by atoms with Crippen molar-refractivity contribution in [1.29, 1.82) is 0 Å². The van der Waals surface area contributed by atoms with E-state index in [-0.39, 0.29) is 32.5 Å². The van der Waals surface area contributed by atoms with Crippen molar-refractivity contribution < 1.29 is 35.8 Å². The molecule has 0 aliphatic heterocycles. The number of aromatic carboxylic acids is 1. The van der Waals surface area contributed by atoms with Crippen LogP contribution in [0.15, 0.2) is 24.3 Å². The Bertz CT molecular complexity index is 616. The fraction of sp³-hybridized carbons (Fsp3) is 0.0909. The number of para-hydroxylation sites is 2. The number of carboxylic acids is 1. The van der Waals surface area contributed by atoms with Crippen LogP contribution in [-0.4, -0.2) is 34.0 Å². The van der Waals surface area contributed by atoms with Crippen LogP contribution in [0.4, 0.5) is 0 Å². The van der Waals surface area contributed by atoms with Crippen molar-refractivity contribution in [2.75, 3.05) is 7.05 Å². The van der Waals surface area contributed by atoms with E-state index in [0.29, 0.717) is 11.0 Å². The Kier molecular flexibility index (Phi) is 4.50. The molecule has 0 aliphatic rings. The van der Waals surface area contributed by atoms with Gasteiger partial charge in [-0.1, -0.05) is 12.1 Å². The van der Waals surface area contributed by atoms with Crippen LogP contribution in [-0.2, 0) is 21.1 Å². The summed E-state index contributed by atoms with van der Waals surface area (Å²) in [5.41, 5.74) is 0.399. The number of nitrogens with zero attached hydrogens (tertiary/aromatic N) is 2. The van der Waals surface area contributed by atoms with Gasteiger partial charge in [-0.25, -0.2) is 14.8 Å². The Morgan fingerprint density at radius 3 is 2.06 bits per heavy atom. The molecule has 0 aliphatic carbocycles. The number of amides is 1. The number of carbonyl (C=O) groups is 2. The average Bonchev–Trinajstić information content (AvgIpc) is 2.36. The Hall–Kier alpha value is -1.81. The van der Waals surface area contributed by atoms with E-state index < -0.39 is 11.9 Å². The van der Waals surface area contributed by atoms with E-state index in [4.69, 9.17) is 5.11 Å². The SMILES string of the molecule is CNC(=O)c1nc2ccccc2nc1C(=O)O.[W]. The van der Waals surface area contributed by atoms with Crippen LogP contribution in [0.1, 0.15) is 21.0 Å². The van der Waals surface area contributed by atoms with Gasteiger partial charge in [0.15, 0.2) is 11.4 Å². The van der Waals surface area contributed by atoms with Crippen LogP contribution in [0.5, 0.6) is 0 Å². The molecular weight excluding hydrogens is 406 g/mol. The van der Waals surface area contributed by atoms with Crippen molar-refractivity contribution >= 4 is 22.9 Å². The molecule has 6 nitrogen and oxygen atoms in total. The van der Waals surface area contributed by atoms with Crippen LogP contribution in [0, 0.1) is 0 Å². The largest absolute Gasteiger partial charge is 0.476 e. The van der Waals surface area contributed by atoms with E-state index in [0.717, 1.165) is 0 Å². The van der Waals surface area contributed by atoms with Crippen LogP contribution in [0.3, 0.4) is 0 Å². The first-order valence-electron chi connectivity index (χ1n) is 4.85. The maximum absolute atomic E-state index is 11.5. The quantitative estimate of drug-likeness (QED) is 0.754. The van der Waals surface area contributed by atoms with Gasteiger partial charge < -0.3 is 10.4 Å². The van der Waals surface area contributed by atoms with E-state index in [1.165, 1.54) is 7.05 Å². The number of nitrogens with one attached hydrogen (secondary N) is 1. The van der Waals surface area contributed by atoms with E-state index in [1.54, 1.807) is 24.3 Å². The summed E-state index contributed by atoms with van der Waals surface area (Å²) >= 11 is 0. The van der Waals surface area contributed by atoms with Crippen molar-refractivity contribution in [2.24, 2.45) is 0 Å². The van der Waals surface area contributed by atoms with Crippen LogP contribution in [0.25, 0.3) is 11.0 Å². The molecule has 0 saturated carbocycles. The van der Waals surface area contributed by atoms with Gasteiger partial charge in [-0.15, -0.1) is 0 Å². The number of carboxylic acid groups (broad SMARTS) is 1. The molecule has 18 heavy (non-hydrogen) atoms. The van der Waals surface area contributed by atoms with Crippen molar-refractivity contribution in [3.8, 4) is 0 Å². The first kappa shape index (κ1) is 14.3. The molecule has 92 valence electrons. The van der Waals surface area contributed by atoms with Gasteiger partial charge in [0, 0.05) is 28.1 Å². The molecule has 0 saturated heterocycles. The van der Waals surface area contributed by atoms with Gasteiger partial charge in [0.25, 0.3) is 5.91 Å². The Morgan fingerprint density at radius 1 is 1.11 bits per heavy atom. The number of hydrogen-bond acceptors (Lipinski definition) is 4. The van der Waals surface area contributed by atoms with Gasteiger partial charge in [-0.3, -0.25) is 4.79 Å². The van der Waals surface area contributed by atoms with E-state index >= 15 is 0 Å². The Balaban J connectivity index is 0.00000162. The van der Waals surface area contributed by atoms with Gasteiger partial charge in [0.1, 0.15) is 0 Å². The first-order chi connectivity index (χ1) is 8.13. The first-order valence-corrected chi connectivity index (χ1v) is 4.85. The number of benzene rings is 1. The summed E-state index contributed by atoms with van der Waals surface area (Å²) in [5.74, 6) is -1.84. The zero-order valence-electron chi connectivity index (χ0n) is 9.38. The molecule has 2 aromatic rings. The average molecular weight is 415 g/mol. The molecule has 1 aromatic heterocycles. The molecule has 2 N–H and O–H groups in total. The van der Waals surface area contributed by atoms with Crippen molar-refractivity contribution in [3.63, 3.8) is 0 Å². The normalized spacial score (nSPS) is 9.61. The second-order valence-electron chi connectivity index (χ2n) is 3.29. The molecule has 2 rings (SSSR count). The summed E-state index contributed by atoms with van der Waals surface area (Å²) in [6.45, 7) is 0. The topological polar surface area (TPSA) is 92.2 Å². The summed E-state index contributed by atoms with van der Waals surface area (Å²) in [4.78, 5) is 30.4. The minimum Gasteiger partial charge on any atom is -0.476 e. The third kappa shape index (κ3) is 2.54. The van der Waals surface area contributed by atoms with E-state index in [2.05, 4.69) is 15.3 Å². The maximum atomic E-state index is 11.5. The summed E-state index contributed by atoms with van der Waals surface area (Å²) in [6, 6.07) is 6.77. The maximum Gasteiger partial charge on any atom is 0.357 e. The molecule has 0 bridgehead atoms. The monoisotopic (exact) mass is 415 g/mol. The number of hydrogen-bond donors (Lipinski definition) is 2. The Morgan fingerprint density at radius 2 is 1.61 bits per heavy atom. The number of fused-ring (bicyclic) bond motifs is 1. The van der Waals surface area contributed by atoms with Crippen LogP contribution < -0.4 is 5.32 Å². The summed E-state index contributed by atoms with van der Waals surface area (Å²) in [6.07, 6.45) is 0. The molecule has 0 atom stereocenters. The molecule has 0 fully saturated rings. The van der Waals surface area contributed by atoms with Crippen molar-refractivity contribution in [2.45, 2.75) is 0 Å². The minimum atomic E-state index is -1.28.